The Labute approximate surface area is 146 Å². The Morgan fingerprint density at radius 3 is 2.58 bits per heavy atom. The number of hydrogen-bond acceptors (Lipinski definition) is 2. The Hall–Kier alpha value is -1.55. The lowest BCUT2D eigenvalue weighted by Crippen LogP contribution is -2.41. The van der Waals surface area contributed by atoms with Crippen LogP contribution in [0.3, 0.4) is 0 Å². The molecule has 2 fully saturated rings. The lowest BCUT2D eigenvalue weighted by Gasteiger charge is -2.29. The summed E-state index contributed by atoms with van der Waals surface area (Å²) in [5, 5.41) is 3.60. The van der Waals surface area contributed by atoms with Gasteiger partial charge in [-0.25, -0.2) is 0 Å². The summed E-state index contributed by atoms with van der Waals surface area (Å²) in [6.45, 7) is 5.74. The Kier molecular flexibility index (Phi) is 6.13. The minimum absolute atomic E-state index is 0.638. The first-order valence-corrected chi connectivity index (χ1v) is 9.45. The second kappa shape index (κ2) is 8.52. The number of nitrogens with zero attached hydrogens (tertiary/aromatic N) is 3. The molecule has 1 unspecified atom stereocenters. The van der Waals surface area contributed by atoms with Crippen molar-refractivity contribution in [3.05, 3.63) is 35.9 Å². The van der Waals surface area contributed by atoms with E-state index in [0.29, 0.717) is 5.92 Å². The van der Waals surface area contributed by atoms with E-state index in [4.69, 9.17) is 0 Å². The molecule has 4 heteroatoms. The van der Waals surface area contributed by atoms with Crippen LogP contribution in [0.1, 0.15) is 37.2 Å². The van der Waals surface area contributed by atoms with Gasteiger partial charge >= 0.3 is 0 Å². The third-order valence-electron chi connectivity index (χ3n) is 5.64. The molecule has 0 spiro atoms. The lowest BCUT2D eigenvalue weighted by atomic mass is 9.94. The molecule has 0 saturated carbocycles. The Morgan fingerprint density at radius 2 is 1.88 bits per heavy atom. The van der Waals surface area contributed by atoms with Crippen LogP contribution in [0, 0.1) is 5.92 Å². The molecule has 4 nitrogen and oxygen atoms in total. The third kappa shape index (κ3) is 4.50. The molecular formula is C20H32N4. The summed E-state index contributed by atoms with van der Waals surface area (Å²) in [4.78, 5) is 9.38. The molecule has 0 amide bonds. The van der Waals surface area contributed by atoms with E-state index in [-0.39, 0.29) is 0 Å². The normalized spacial score (nSPS) is 23.7. The smallest absolute Gasteiger partial charge is 0.193 e. The predicted octanol–water partition coefficient (Wildman–Crippen LogP) is 2.78. The first-order valence-electron chi connectivity index (χ1n) is 9.45. The Bertz CT molecular complexity index is 520. The fraction of sp³-hybridized carbons (Fsp3) is 0.650. The summed E-state index contributed by atoms with van der Waals surface area (Å²) in [6, 6.07) is 10.9. The minimum atomic E-state index is 0.638. The highest BCUT2D eigenvalue weighted by Gasteiger charge is 2.26. The highest BCUT2D eigenvalue weighted by atomic mass is 15.3. The zero-order chi connectivity index (χ0) is 16.8. The predicted molar refractivity (Wildman–Crippen MR) is 102 cm³/mol. The molecule has 1 aromatic carbocycles. The van der Waals surface area contributed by atoms with Crippen LogP contribution in [0.15, 0.2) is 35.3 Å². The van der Waals surface area contributed by atoms with E-state index < -0.39 is 0 Å². The summed E-state index contributed by atoms with van der Waals surface area (Å²) in [5.41, 5.74) is 1.46. The summed E-state index contributed by atoms with van der Waals surface area (Å²) in [7, 11) is 4.14. The van der Waals surface area contributed by atoms with E-state index in [1.165, 1.54) is 44.3 Å². The highest BCUT2D eigenvalue weighted by molar-refractivity contribution is 5.80. The van der Waals surface area contributed by atoms with Gasteiger partial charge in [0.15, 0.2) is 5.96 Å². The van der Waals surface area contributed by atoms with Crippen LogP contribution in [0.5, 0.6) is 0 Å². The van der Waals surface area contributed by atoms with Gasteiger partial charge in [-0.3, -0.25) is 4.99 Å². The summed E-state index contributed by atoms with van der Waals surface area (Å²) >= 11 is 0. The highest BCUT2D eigenvalue weighted by Crippen LogP contribution is 2.27. The molecule has 0 aromatic heterocycles. The molecule has 1 N–H and O–H groups in total. The largest absolute Gasteiger partial charge is 0.356 e. The number of hydrogen-bond donors (Lipinski definition) is 1. The molecule has 2 aliphatic rings. The number of likely N-dealkylation sites (tertiary alicyclic amines) is 2. The molecule has 0 radical (unpaired) electrons. The second-order valence-corrected chi connectivity index (χ2v) is 7.35. The second-order valence-electron chi connectivity index (χ2n) is 7.35. The molecule has 2 aliphatic heterocycles. The monoisotopic (exact) mass is 328 g/mol. The molecular weight excluding hydrogens is 296 g/mol. The van der Waals surface area contributed by atoms with Crippen molar-refractivity contribution >= 4 is 5.96 Å². The lowest BCUT2D eigenvalue weighted by molar-refractivity contribution is 0.212. The van der Waals surface area contributed by atoms with E-state index in [2.05, 4.69) is 57.5 Å². The standard InChI is InChI=1S/C20H32N4/c1-21-20(22-12-8-17-9-13-23(2)14-10-17)24-15-11-19(16-24)18-6-4-3-5-7-18/h3-7,17,19H,8-16H2,1-2H3,(H,21,22). The van der Waals surface area contributed by atoms with Crippen LogP contribution in [0.4, 0.5) is 0 Å². The van der Waals surface area contributed by atoms with Crippen molar-refractivity contribution in [3.63, 3.8) is 0 Å². The van der Waals surface area contributed by atoms with Crippen LogP contribution < -0.4 is 5.32 Å². The van der Waals surface area contributed by atoms with Crippen LogP contribution in [0.25, 0.3) is 0 Å². The third-order valence-corrected chi connectivity index (χ3v) is 5.64. The molecule has 24 heavy (non-hydrogen) atoms. The number of benzene rings is 1. The number of guanidine groups is 1. The first kappa shape index (κ1) is 17.3. The van der Waals surface area contributed by atoms with Gasteiger partial charge in [-0.15, -0.1) is 0 Å². The number of aliphatic imine (C=N–C) groups is 1. The van der Waals surface area contributed by atoms with Gasteiger partial charge in [-0.1, -0.05) is 30.3 Å². The number of piperidine rings is 1. The van der Waals surface area contributed by atoms with Gasteiger partial charge in [0.1, 0.15) is 0 Å². The molecule has 132 valence electrons. The molecule has 3 rings (SSSR count). The van der Waals surface area contributed by atoms with Crippen molar-refractivity contribution in [3.8, 4) is 0 Å². The van der Waals surface area contributed by atoms with Gasteiger partial charge in [0, 0.05) is 32.6 Å². The fourth-order valence-electron chi connectivity index (χ4n) is 4.02. The number of rotatable bonds is 4. The van der Waals surface area contributed by atoms with Crippen molar-refractivity contribution in [2.75, 3.05) is 46.8 Å². The van der Waals surface area contributed by atoms with Crippen LogP contribution in [-0.2, 0) is 0 Å². The zero-order valence-electron chi connectivity index (χ0n) is 15.2. The van der Waals surface area contributed by atoms with Crippen molar-refractivity contribution in [1.82, 2.24) is 15.1 Å². The van der Waals surface area contributed by atoms with E-state index in [1.54, 1.807) is 0 Å². The van der Waals surface area contributed by atoms with Gasteiger partial charge in [-0.2, -0.15) is 0 Å². The van der Waals surface area contributed by atoms with Crippen molar-refractivity contribution < 1.29 is 0 Å². The minimum Gasteiger partial charge on any atom is -0.356 e. The molecule has 2 heterocycles. The van der Waals surface area contributed by atoms with Crippen molar-refractivity contribution in [1.29, 1.82) is 0 Å². The van der Waals surface area contributed by atoms with E-state index in [9.17, 15) is 0 Å². The molecule has 1 aromatic rings. The van der Waals surface area contributed by atoms with Crippen molar-refractivity contribution in [2.24, 2.45) is 10.9 Å². The molecule has 1 atom stereocenters. The van der Waals surface area contributed by atoms with Gasteiger partial charge in [0.25, 0.3) is 0 Å². The van der Waals surface area contributed by atoms with E-state index >= 15 is 0 Å². The van der Waals surface area contributed by atoms with Crippen LogP contribution in [0.2, 0.25) is 0 Å². The van der Waals surface area contributed by atoms with E-state index in [0.717, 1.165) is 31.5 Å². The average molecular weight is 329 g/mol. The summed E-state index contributed by atoms with van der Waals surface area (Å²) in [6.07, 6.45) is 5.18. The maximum Gasteiger partial charge on any atom is 0.193 e. The van der Waals surface area contributed by atoms with Crippen LogP contribution in [-0.4, -0.2) is 62.6 Å². The van der Waals surface area contributed by atoms with E-state index in [1.807, 2.05) is 7.05 Å². The maximum absolute atomic E-state index is 4.52. The first-order chi connectivity index (χ1) is 11.8. The SMILES string of the molecule is CN=C(NCCC1CCN(C)CC1)N1CCC(c2ccccc2)C1. The number of nitrogens with one attached hydrogen (secondary N) is 1. The quantitative estimate of drug-likeness (QED) is 0.681. The summed E-state index contributed by atoms with van der Waals surface area (Å²) < 4.78 is 0. The van der Waals surface area contributed by atoms with Crippen molar-refractivity contribution in [2.45, 2.75) is 31.6 Å². The molecule has 0 bridgehead atoms. The van der Waals surface area contributed by atoms with Crippen LogP contribution >= 0.6 is 0 Å². The van der Waals surface area contributed by atoms with Gasteiger partial charge in [-0.05, 0) is 57.3 Å². The summed E-state index contributed by atoms with van der Waals surface area (Å²) in [5.74, 6) is 2.60. The zero-order valence-corrected chi connectivity index (χ0v) is 15.2. The topological polar surface area (TPSA) is 30.9 Å². The average Bonchev–Trinajstić information content (AvgIpc) is 3.11. The Morgan fingerprint density at radius 1 is 1.12 bits per heavy atom. The Balaban J connectivity index is 1.43. The molecule has 0 aliphatic carbocycles. The fourth-order valence-corrected chi connectivity index (χ4v) is 4.02. The van der Waals surface area contributed by atoms with Gasteiger partial charge in [0.2, 0.25) is 0 Å². The van der Waals surface area contributed by atoms with Gasteiger partial charge in [0.05, 0.1) is 0 Å². The molecule has 2 saturated heterocycles. The van der Waals surface area contributed by atoms with Gasteiger partial charge < -0.3 is 15.1 Å². The maximum atomic E-state index is 4.52.